The number of hydrogen-bond donors (Lipinski definition) is 0. The van der Waals surface area contributed by atoms with E-state index >= 15 is 0 Å². The summed E-state index contributed by atoms with van der Waals surface area (Å²) in [7, 11) is 0. The molecule has 1 atom stereocenters. The van der Waals surface area contributed by atoms with Gasteiger partial charge in [0.2, 0.25) is 0 Å². The molecule has 5 heteroatoms. The van der Waals surface area contributed by atoms with Crippen LogP contribution in [0.2, 0.25) is 5.02 Å². The average molecular weight is 324 g/mol. The molecule has 112 valence electrons. The number of nitrogens with zero attached hydrogens (tertiary/aromatic N) is 1. The van der Waals surface area contributed by atoms with Crippen molar-refractivity contribution in [1.29, 1.82) is 0 Å². The number of rotatable bonds is 6. The van der Waals surface area contributed by atoms with Crippen LogP contribution in [-0.2, 0) is 11.3 Å². The molecule has 0 aliphatic heterocycles. The molecule has 2 rings (SSSR count). The van der Waals surface area contributed by atoms with Gasteiger partial charge in [0, 0.05) is 16.4 Å². The van der Waals surface area contributed by atoms with Gasteiger partial charge in [-0.15, -0.1) is 11.3 Å². The maximum atomic E-state index is 12.5. The minimum Gasteiger partial charge on any atom is -0.481 e. The smallest absolute Gasteiger partial charge is 0.263 e. The van der Waals surface area contributed by atoms with Gasteiger partial charge in [-0.25, -0.2) is 0 Å². The first-order valence-electron chi connectivity index (χ1n) is 6.83. The molecule has 1 aromatic heterocycles. The van der Waals surface area contributed by atoms with Crippen LogP contribution in [0.4, 0.5) is 0 Å². The molecule has 1 aromatic carbocycles. The minimum atomic E-state index is -0.539. The van der Waals surface area contributed by atoms with E-state index in [1.807, 2.05) is 24.4 Å². The molecule has 0 saturated heterocycles. The zero-order valence-electron chi connectivity index (χ0n) is 12.1. The summed E-state index contributed by atoms with van der Waals surface area (Å²) in [6, 6.07) is 11.1. The van der Waals surface area contributed by atoms with Crippen molar-refractivity contribution in [3.05, 3.63) is 51.7 Å². The highest BCUT2D eigenvalue weighted by Gasteiger charge is 2.21. The van der Waals surface area contributed by atoms with Crippen molar-refractivity contribution in [2.24, 2.45) is 0 Å². The fourth-order valence-corrected chi connectivity index (χ4v) is 2.89. The summed E-state index contributed by atoms with van der Waals surface area (Å²) in [5, 5.41) is 2.61. The highest BCUT2D eigenvalue weighted by molar-refractivity contribution is 7.09. The molecule has 2 aromatic rings. The molecule has 0 saturated carbocycles. The number of hydrogen-bond acceptors (Lipinski definition) is 3. The average Bonchev–Trinajstić information content (AvgIpc) is 2.97. The maximum Gasteiger partial charge on any atom is 0.263 e. The van der Waals surface area contributed by atoms with E-state index in [1.54, 1.807) is 47.4 Å². The van der Waals surface area contributed by atoms with E-state index in [0.717, 1.165) is 0 Å². The Morgan fingerprint density at radius 3 is 2.81 bits per heavy atom. The Labute approximate surface area is 134 Å². The van der Waals surface area contributed by atoms with Crippen LogP contribution in [0.15, 0.2) is 41.8 Å². The molecule has 0 fully saturated rings. The largest absolute Gasteiger partial charge is 0.481 e. The molecular formula is C16H18ClNO2S. The van der Waals surface area contributed by atoms with Crippen molar-refractivity contribution in [1.82, 2.24) is 4.90 Å². The van der Waals surface area contributed by atoms with E-state index in [9.17, 15) is 4.79 Å². The summed E-state index contributed by atoms with van der Waals surface area (Å²) in [5.74, 6) is 0.585. The van der Waals surface area contributed by atoms with Crippen molar-refractivity contribution in [2.75, 3.05) is 6.54 Å². The summed E-state index contributed by atoms with van der Waals surface area (Å²) in [5.41, 5.74) is 0. The van der Waals surface area contributed by atoms with E-state index in [4.69, 9.17) is 16.3 Å². The molecule has 21 heavy (non-hydrogen) atoms. The third-order valence-electron chi connectivity index (χ3n) is 3.08. The molecule has 0 bridgehead atoms. The second kappa shape index (κ2) is 7.48. The van der Waals surface area contributed by atoms with E-state index < -0.39 is 6.10 Å². The highest BCUT2D eigenvalue weighted by Crippen LogP contribution is 2.19. The van der Waals surface area contributed by atoms with Crippen molar-refractivity contribution in [3.8, 4) is 5.75 Å². The zero-order chi connectivity index (χ0) is 15.2. The molecule has 0 aliphatic carbocycles. The van der Waals surface area contributed by atoms with Gasteiger partial charge in [-0.3, -0.25) is 4.79 Å². The van der Waals surface area contributed by atoms with Crippen molar-refractivity contribution < 1.29 is 9.53 Å². The van der Waals surface area contributed by atoms with Gasteiger partial charge in [0.25, 0.3) is 5.91 Å². The Kier molecular flexibility index (Phi) is 5.65. The van der Waals surface area contributed by atoms with Crippen LogP contribution in [0.5, 0.6) is 5.75 Å². The van der Waals surface area contributed by atoms with Crippen molar-refractivity contribution >= 4 is 28.8 Å². The zero-order valence-corrected chi connectivity index (χ0v) is 13.7. The van der Waals surface area contributed by atoms with Crippen LogP contribution in [0.25, 0.3) is 0 Å². The Morgan fingerprint density at radius 2 is 2.19 bits per heavy atom. The molecule has 0 aliphatic rings. The Hall–Kier alpha value is -1.52. The van der Waals surface area contributed by atoms with Crippen molar-refractivity contribution in [3.63, 3.8) is 0 Å². The van der Waals surface area contributed by atoms with Gasteiger partial charge in [-0.1, -0.05) is 23.7 Å². The molecule has 0 radical (unpaired) electrons. The third kappa shape index (κ3) is 4.48. The summed E-state index contributed by atoms with van der Waals surface area (Å²) >= 11 is 7.57. The normalized spacial score (nSPS) is 12.0. The lowest BCUT2D eigenvalue weighted by atomic mass is 10.3. The number of carbonyl (C=O) groups is 1. The standard InChI is InChI=1S/C16H18ClNO2S/c1-3-18(11-15-8-5-9-21-15)16(19)12(2)20-14-7-4-6-13(17)10-14/h4-10,12H,3,11H2,1-2H3. The lowest BCUT2D eigenvalue weighted by Gasteiger charge is -2.24. The lowest BCUT2D eigenvalue weighted by molar-refractivity contribution is -0.138. The summed E-state index contributed by atoms with van der Waals surface area (Å²) in [6.07, 6.45) is -0.539. The number of likely N-dealkylation sites (N-methyl/N-ethyl adjacent to an activating group) is 1. The lowest BCUT2D eigenvalue weighted by Crippen LogP contribution is -2.39. The minimum absolute atomic E-state index is 0.0223. The number of benzene rings is 1. The van der Waals surface area contributed by atoms with Gasteiger partial charge in [0.05, 0.1) is 6.54 Å². The summed E-state index contributed by atoms with van der Waals surface area (Å²) < 4.78 is 5.69. The number of amides is 1. The quantitative estimate of drug-likeness (QED) is 0.796. The number of ether oxygens (including phenoxy) is 1. The maximum absolute atomic E-state index is 12.5. The van der Waals surface area contributed by atoms with Gasteiger partial charge >= 0.3 is 0 Å². The first-order valence-corrected chi connectivity index (χ1v) is 8.09. The molecule has 1 amide bonds. The number of halogens is 1. The molecule has 1 heterocycles. The fourth-order valence-electron chi connectivity index (χ4n) is 1.99. The van der Waals surface area contributed by atoms with Gasteiger partial charge in [0.15, 0.2) is 6.10 Å². The fraction of sp³-hybridized carbons (Fsp3) is 0.312. The SMILES string of the molecule is CCN(Cc1cccs1)C(=O)C(C)Oc1cccc(Cl)c1. The summed E-state index contributed by atoms with van der Waals surface area (Å²) in [6.45, 7) is 5.01. The third-order valence-corrected chi connectivity index (χ3v) is 4.17. The van der Waals surface area contributed by atoms with Gasteiger partial charge < -0.3 is 9.64 Å². The first-order chi connectivity index (χ1) is 10.1. The van der Waals surface area contributed by atoms with Crippen LogP contribution in [0.3, 0.4) is 0 Å². The van der Waals surface area contributed by atoms with Crippen LogP contribution < -0.4 is 4.74 Å². The molecular weight excluding hydrogens is 306 g/mol. The van der Waals surface area contributed by atoms with Gasteiger partial charge in [0.1, 0.15) is 5.75 Å². The second-order valence-corrected chi connectivity index (χ2v) is 6.12. The summed E-state index contributed by atoms with van der Waals surface area (Å²) in [4.78, 5) is 15.4. The van der Waals surface area contributed by atoms with Crippen LogP contribution in [-0.4, -0.2) is 23.5 Å². The molecule has 0 N–H and O–H groups in total. The van der Waals surface area contributed by atoms with Crippen LogP contribution in [0.1, 0.15) is 18.7 Å². The predicted molar refractivity (Wildman–Crippen MR) is 87.0 cm³/mol. The van der Waals surface area contributed by atoms with Crippen molar-refractivity contribution in [2.45, 2.75) is 26.5 Å². The Balaban J connectivity index is 1.99. The van der Waals surface area contributed by atoms with E-state index in [0.29, 0.717) is 23.9 Å². The Morgan fingerprint density at radius 1 is 1.38 bits per heavy atom. The first kappa shape index (κ1) is 15.9. The monoisotopic (exact) mass is 323 g/mol. The van der Waals surface area contributed by atoms with E-state index in [1.165, 1.54) is 4.88 Å². The van der Waals surface area contributed by atoms with Gasteiger partial charge in [-0.05, 0) is 43.5 Å². The number of thiophene rings is 1. The molecule has 0 spiro atoms. The van der Waals surface area contributed by atoms with Crippen LogP contribution in [0, 0.1) is 0 Å². The Bertz CT molecular complexity index is 586. The highest BCUT2D eigenvalue weighted by atomic mass is 35.5. The van der Waals surface area contributed by atoms with Gasteiger partial charge in [-0.2, -0.15) is 0 Å². The van der Waals surface area contributed by atoms with E-state index in [2.05, 4.69) is 0 Å². The number of carbonyl (C=O) groups excluding carboxylic acids is 1. The molecule has 3 nitrogen and oxygen atoms in total. The predicted octanol–water partition coefficient (Wildman–Crippen LogP) is 4.22. The van der Waals surface area contributed by atoms with E-state index in [-0.39, 0.29) is 5.91 Å². The second-order valence-electron chi connectivity index (χ2n) is 4.65. The van der Waals surface area contributed by atoms with Crippen LogP contribution >= 0.6 is 22.9 Å². The topological polar surface area (TPSA) is 29.5 Å². The molecule has 1 unspecified atom stereocenters.